The number of hydrogen-bond donors (Lipinski definition) is 1. The summed E-state index contributed by atoms with van der Waals surface area (Å²) in [4.78, 5) is 9.99. The Morgan fingerprint density at radius 3 is 3.06 bits per heavy atom. The Hall–Kier alpha value is -0.780. The number of aromatic nitrogens is 2. The van der Waals surface area contributed by atoms with Gasteiger partial charge in [-0.15, -0.1) is 11.3 Å². The number of pyridine rings is 1. The molecular weight excluding hydrogens is 298 g/mol. The Labute approximate surface area is 113 Å². The molecule has 0 spiro atoms. The predicted molar refractivity (Wildman–Crippen MR) is 75.0 cm³/mol. The van der Waals surface area contributed by atoms with Crippen LogP contribution < -0.4 is 5.32 Å². The number of thiazole rings is 1. The molecule has 0 amide bonds. The molecule has 1 N–H and O–H groups in total. The summed E-state index contributed by atoms with van der Waals surface area (Å²) in [7, 11) is 0. The molecule has 0 bridgehead atoms. The molecule has 2 aromatic rings. The second kappa shape index (κ2) is 6.23. The third-order valence-corrected chi connectivity index (χ3v) is 3.88. The van der Waals surface area contributed by atoms with E-state index in [1.807, 2.05) is 18.3 Å². The van der Waals surface area contributed by atoms with Crippen LogP contribution in [-0.2, 0) is 6.54 Å². The number of nitrogens with one attached hydrogen (secondary N) is 1. The highest BCUT2D eigenvalue weighted by Crippen LogP contribution is 2.29. The van der Waals surface area contributed by atoms with Gasteiger partial charge in [-0.25, -0.2) is 4.98 Å². The molecule has 0 radical (unpaired) electrons. The molecule has 0 fully saturated rings. The zero-order valence-corrected chi connectivity index (χ0v) is 12.0. The van der Waals surface area contributed by atoms with Crippen molar-refractivity contribution in [2.75, 3.05) is 6.54 Å². The minimum Gasteiger partial charge on any atom is -0.312 e. The highest BCUT2D eigenvalue weighted by Gasteiger charge is 2.08. The van der Waals surface area contributed by atoms with E-state index in [1.165, 1.54) is 4.88 Å². The van der Waals surface area contributed by atoms with E-state index in [0.29, 0.717) is 0 Å². The summed E-state index contributed by atoms with van der Waals surface area (Å²) in [6.07, 6.45) is 4.86. The maximum absolute atomic E-state index is 4.41. The topological polar surface area (TPSA) is 37.8 Å². The second-order valence-corrected chi connectivity index (χ2v) is 5.61. The highest BCUT2D eigenvalue weighted by molar-refractivity contribution is 9.10. The first-order valence-electron chi connectivity index (χ1n) is 5.57. The van der Waals surface area contributed by atoms with Gasteiger partial charge in [-0.2, -0.15) is 0 Å². The van der Waals surface area contributed by atoms with Crippen molar-refractivity contribution in [1.82, 2.24) is 15.3 Å². The fourth-order valence-corrected chi connectivity index (χ4v) is 2.90. The van der Waals surface area contributed by atoms with Crippen molar-refractivity contribution in [3.05, 3.63) is 33.9 Å². The van der Waals surface area contributed by atoms with Gasteiger partial charge in [-0.05, 0) is 41.0 Å². The molecule has 2 heterocycles. The van der Waals surface area contributed by atoms with Crippen LogP contribution in [0.2, 0.25) is 0 Å². The van der Waals surface area contributed by atoms with E-state index in [1.54, 1.807) is 17.5 Å². The van der Waals surface area contributed by atoms with Crippen molar-refractivity contribution in [1.29, 1.82) is 0 Å². The lowest BCUT2D eigenvalue weighted by Gasteiger charge is -1.99. The van der Waals surface area contributed by atoms with E-state index < -0.39 is 0 Å². The second-order valence-electron chi connectivity index (χ2n) is 3.64. The summed E-state index contributed by atoms with van der Waals surface area (Å²) >= 11 is 5.18. The van der Waals surface area contributed by atoms with Crippen molar-refractivity contribution in [3.63, 3.8) is 0 Å². The average Bonchev–Trinajstić information content (AvgIpc) is 2.79. The van der Waals surface area contributed by atoms with Gasteiger partial charge in [-0.3, -0.25) is 4.98 Å². The molecule has 3 nitrogen and oxygen atoms in total. The van der Waals surface area contributed by atoms with Crippen LogP contribution in [0.1, 0.15) is 18.2 Å². The quantitative estimate of drug-likeness (QED) is 0.859. The summed E-state index contributed by atoms with van der Waals surface area (Å²) in [5.41, 5.74) is 0.916. The molecule has 0 aliphatic carbocycles. The lowest BCUT2D eigenvalue weighted by atomic mass is 10.4. The maximum atomic E-state index is 4.41. The SMILES string of the molecule is CCCNCc1cnc(-c2ncccc2Br)s1. The Balaban J connectivity index is 2.10. The lowest BCUT2D eigenvalue weighted by Crippen LogP contribution is -2.12. The first-order valence-corrected chi connectivity index (χ1v) is 7.18. The molecule has 0 aromatic carbocycles. The maximum Gasteiger partial charge on any atom is 0.143 e. The predicted octanol–water partition coefficient (Wildman–Crippen LogP) is 3.47. The van der Waals surface area contributed by atoms with Crippen LogP contribution in [0.5, 0.6) is 0 Å². The van der Waals surface area contributed by atoms with Gasteiger partial charge in [0.2, 0.25) is 0 Å². The first-order chi connectivity index (χ1) is 8.31. The molecule has 0 aliphatic heterocycles. The van der Waals surface area contributed by atoms with Gasteiger partial charge in [0.05, 0.1) is 0 Å². The van der Waals surface area contributed by atoms with Crippen LogP contribution in [0.4, 0.5) is 0 Å². The van der Waals surface area contributed by atoms with Crippen molar-refractivity contribution >= 4 is 27.3 Å². The fourth-order valence-electron chi connectivity index (χ4n) is 1.43. The summed E-state index contributed by atoms with van der Waals surface area (Å²) in [5, 5.41) is 4.33. The molecule has 2 rings (SSSR count). The lowest BCUT2D eigenvalue weighted by molar-refractivity contribution is 0.681. The molecule has 0 unspecified atom stereocenters. The minimum atomic E-state index is 0.885. The average molecular weight is 312 g/mol. The summed E-state index contributed by atoms with van der Waals surface area (Å²) < 4.78 is 0.988. The van der Waals surface area contributed by atoms with E-state index in [0.717, 1.165) is 34.7 Å². The van der Waals surface area contributed by atoms with E-state index in [-0.39, 0.29) is 0 Å². The van der Waals surface area contributed by atoms with Crippen LogP contribution in [0, 0.1) is 0 Å². The molecule has 0 atom stereocenters. The molecule has 0 aliphatic rings. The van der Waals surface area contributed by atoms with Crippen molar-refractivity contribution in [2.45, 2.75) is 19.9 Å². The van der Waals surface area contributed by atoms with E-state index in [4.69, 9.17) is 0 Å². The fraction of sp³-hybridized carbons (Fsp3) is 0.333. The van der Waals surface area contributed by atoms with E-state index >= 15 is 0 Å². The Kier molecular flexibility index (Phi) is 4.65. The third kappa shape index (κ3) is 3.34. The smallest absolute Gasteiger partial charge is 0.143 e. The van der Waals surface area contributed by atoms with Crippen LogP contribution >= 0.6 is 27.3 Å². The molecule has 17 heavy (non-hydrogen) atoms. The number of rotatable bonds is 5. The van der Waals surface area contributed by atoms with Gasteiger partial charge in [0.1, 0.15) is 10.7 Å². The van der Waals surface area contributed by atoms with Crippen LogP contribution in [0.15, 0.2) is 29.0 Å². The Bertz CT molecular complexity index is 484. The summed E-state index contributed by atoms with van der Waals surface area (Å²) in [5.74, 6) is 0. The standard InChI is InChI=1S/C12H14BrN3S/c1-2-5-14-7-9-8-16-12(17-9)11-10(13)4-3-6-15-11/h3-4,6,8,14H,2,5,7H2,1H3. The van der Waals surface area contributed by atoms with Gasteiger partial charge in [0.25, 0.3) is 0 Å². The normalized spacial score (nSPS) is 10.7. The molecular formula is C12H14BrN3S. The summed E-state index contributed by atoms with van der Waals surface area (Å²) in [6.45, 7) is 4.09. The third-order valence-electron chi connectivity index (χ3n) is 2.24. The number of halogens is 1. The molecule has 5 heteroatoms. The zero-order valence-electron chi connectivity index (χ0n) is 9.61. The van der Waals surface area contributed by atoms with Gasteiger partial charge in [0.15, 0.2) is 0 Å². The monoisotopic (exact) mass is 311 g/mol. The van der Waals surface area contributed by atoms with Crippen LogP contribution in [0.3, 0.4) is 0 Å². The van der Waals surface area contributed by atoms with Gasteiger partial charge in [0, 0.05) is 28.3 Å². The van der Waals surface area contributed by atoms with Crippen molar-refractivity contribution in [3.8, 4) is 10.7 Å². The van der Waals surface area contributed by atoms with E-state index in [9.17, 15) is 0 Å². The molecule has 2 aromatic heterocycles. The zero-order chi connectivity index (χ0) is 12.1. The van der Waals surface area contributed by atoms with Gasteiger partial charge >= 0.3 is 0 Å². The molecule has 0 saturated heterocycles. The Morgan fingerprint density at radius 2 is 2.29 bits per heavy atom. The van der Waals surface area contributed by atoms with Gasteiger partial charge in [-0.1, -0.05) is 6.92 Å². The minimum absolute atomic E-state index is 0.885. The number of nitrogens with zero attached hydrogens (tertiary/aromatic N) is 2. The molecule has 90 valence electrons. The largest absolute Gasteiger partial charge is 0.312 e. The highest BCUT2D eigenvalue weighted by atomic mass is 79.9. The van der Waals surface area contributed by atoms with Gasteiger partial charge < -0.3 is 5.32 Å². The number of hydrogen-bond acceptors (Lipinski definition) is 4. The Morgan fingerprint density at radius 1 is 1.41 bits per heavy atom. The van der Waals surface area contributed by atoms with Crippen LogP contribution in [0.25, 0.3) is 10.7 Å². The van der Waals surface area contributed by atoms with Crippen LogP contribution in [-0.4, -0.2) is 16.5 Å². The van der Waals surface area contributed by atoms with Crippen molar-refractivity contribution in [2.24, 2.45) is 0 Å². The van der Waals surface area contributed by atoms with E-state index in [2.05, 4.69) is 38.1 Å². The van der Waals surface area contributed by atoms with Crippen molar-refractivity contribution < 1.29 is 0 Å². The summed E-state index contributed by atoms with van der Waals surface area (Å²) in [6, 6.07) is 3.89. The molecule has 0 saturated carbocycles. The first kappa shape index (κ1) is 12.7.